The van der Waals surface area contributed by atoms with Crippen LogP contribution in [0.15, 0.2) is 12.5 Å². The lowest BCUT2D eigenvalue weighted by Crippen LogP contribution is -2.59. The molecule has 0 radical (unpaired) electrons. The van der Waals surface area contributed by atoms with E-state index in [0.29, 0.717) is 6.04 Å². The van der Waals surface area contributed by atoms with Gasteiger partial charge >= 0.3 is 0 Å². The molecule has 2 unspecified atom stereocenters. The van der Waals surface area contributed by atoms with Gasteiger partial charge in [0, 0.05) is 39.3 Å². The van der Waals surface area contributed by atoms with Crippen molar-refractivity contribution in [3.63, 3.8) is 0 Å². The fourth-order valence-corrected chi connectivity index (χ4v) is 4.63. The van der Waals surface area contributed by atoms with Crippen LogP contribution >= 0.6 is 0 Å². The van der Waals surface area contributed by atoms with Gasteiger partial charge in [0.2, 0.25) is 0 Å². The second kappa shape index (κ2) is 4.65. The van der Waals surface area contributed by atoms with Gasteiger partial charge in [-0.25, -0.2) is 9.97 Å². The highest BCUT2D eigenvalue weighted by atomic mass is 15.4. The van der Waals surface area contributed by atoms with Crippen molar-refractivity contribution in [2.75, 3.05) is 31.1 Å². The largest absolute Gasteiger partial charge is 0.353 e. The summed E-state index contributed by atoms with van der Waals surface area (Å²) >= 11 is 0. The summed E-state index contributed by atoms with van der Waals surface area (Å²) in [4.78, 5) is 13.9. The van der Waals surface area contributed by atoms with Gasteiger partial charge in [-0.3, -0.25) is 9.58 Å². The van der Waals surface area contributed by atoms with Gasteiger partial charge < -0.3 is 4.90 Å². The average Bonchev–Trinajstić information content (AvgIpc) is 3.13. The minimum Gasteiger partial charge on any atom is -0.353 e. The molecule has 2 aromatic rings. The predicted octanol–water partition coefficient (Wildman–Crippen LogP) is 1.28. The van der Waals surface area contributed by atoms with E-state index in [0.717, 1.165) is 41.8 Å². The fraction of sp³-hybridized carbons (Fsp3) is 0.688. The van der Waals surface area contributed by atoms with Crippen molar-refractivity contribution in [2.24, 2.45) is 18.9 Å². The van der Waals surface area contributed by atoms with Crippen molar-refractivity contribution in [1.82, 2.24) is 24.6 Å². The third-order valence-corrected chi connectivity index (χ3v) is 5.94. The molecule has 2 atom stereocenters. The highest BCUT2D eigenvalue weighted by Gasteiger charge is 2.42. The minimum absolute atomic E-state index is 0.715. The molecule has 0 amide bonds. The first-order valence-corrected chi connectivity index (χ1v) is 8.41. The first kappa shape index (κ1) is 12.8. The quantitative estimate of drug-likeness (QED) is 0.836. The molecule has 6 nitrogen and oxygen atoms in total. The number of hydrogen-bond acceptors (Lipinski definition) is 5. The Morgan fingerprint density at radius 3 is 2.59 bits per heavy atom. The van der Waals surface area contributed by atoms with E-state index < -0.39 is 0 Å². The third-order valence-electron chi connectivity index (χ3n) is 5.94. The van der Waals surface area contributed by atoms with Crippen molar-refractivity contribution in [1.29, 1.82) is 0 Å². The van der Waals surface area contributed by atoms with Crippen molar-refractivity contribution < 1.29 is 0 Å². The highest BCUT2D eigenvalue weighted by Crippen LogP contribution is 2.40. The Bertz CT molecular complexity index is 692. The zero-order chi connectivity index (χ0) is 14.7. The van der Waals surface area contributed by atoms with Gasteiger partial charge in [0.1, 0.15) is 12.1 Å². The maximum Gasteiger partial charge on any atom is 0.163 e. The molecule has 0 aromatic carbocycles. The van der Waals surface area contributed by atoms with Gasteiger partial charge in [0.05, 0.1) is 11.6 Å². The molecule has 0 bridgehead atoms. The maximum atomic E-state index is 4.50. The van der Waals surface area contributed by atoms with Crippen LogP contribution in [-0.2, 0) is 7.05 Å². The van der Waals surface area contributed by atoms with Crippen LogP contribution in [0.1, 0.15) is 19.3 Å². The van der Waals surface area contributed by atoms with Gasteiger partial charge in [-0.15, -0.1) is 0 Å². The summed E-state index contributed by atoms with van der Waals surface area (Å²) in [5.74, 6) is 3.02. The van der Waals surface area contributed by atoms with Crippen molar-refractivity contribution in [2.45, 2.75) is 25.3 Å². The lowest BCUT2D eigenvalue weighted by molar-refractivity contribution is 0.190. The predicted molar refractivity (Wildman–Crippen MR) is 84.7 cm³/mol. The van der Waals surface area contributed by atoms with Crippen molar-refractivity contribution in [3.05, 3.63) is 12.5 Å². The van der Waals surface area contributed by atoms with Crippen molar-refractivity contribution in [3.8, 4) is 0 Å². The zero-order valence-electron chi connectivity index (χ0n) is 13.0. The molecule has 2 aromatic heterocycles. The Labute approximate surface area is 130 Å². The number of aryl methyl sites for hydroxylation is 1. The first-order chi connectivity index (χ1) is 10.8. The summed E-state index contributed by atoms with van der Waals surface area (Å²) in [6.45, 7) is 4.85. The maximum absolute atomic E-state index is 4.50. The van der Waals surface area contributed by atoms with E-state index in [1.807, 2.05) is 17.9 Å². The molecule has 3 fully saturated rings. The fourth-order valence-electron chi connectivity index (χ4n) is 4.63. The molecular weight excluding hydrogens is 276 g/mol. The molecule has 0 N–H and O–H groups in total. The van der Waals surface area contributed by atoms with E-state index >= 15 is 0 Å². The molecule has 2 aliphatic heterocycles. The molecule has 116 valence electrons. The third kappa shape index (κ3) is 1.79. The summed E-state index contributed by atoms with van der Waals surface area (Å²) in [7, 11) is 1.93. The molecule has 1 saturated carbocycles. The standard InChI is InChI=1S/C16H22N6/c1-20-15-14(5-19-20)16(18-10-17-15)22-8-13(9-22)21-6-11-3-2-4-12(11)7-21/h5,10-13H,2-4,6-9H2,1H3. The molecule has 2 saturated heterocycles. The van der Waals surface area contributed by atoms with Crippen molar-refractivity contribution >= 4 is 16.9 Å². The van der Waals surface area contributed by atoms with E-state index in [-0.39, 0.29) is 0 Å². The Morgan fingerprint density at radius 1 is 1.05 bits per heavy atom. The number of aromatic nitrogens is 4. The van der Waals surface area contributed by atoms with E-state index in [1.54, 1.807) is 6.33 Å². The second-order valence-electron chi connectivity index (χ2n) is 7.17. The van der Waals surface area contributed by atoms with Gasteiger partial charge in [-0.2, -0.15) is 5.10 Å². The summed E-state index contributed by atoms with van der Waals surface area (Å²) in [5.41, 5.74) is 0.921. The first-order valence-electron chi connectivity index (χ1n) is 8.41. The molecule has 0 spiro atoms. The number of anilines is 1. The van der Waals surface area contributed by atoms with Crippen LogP contribution in [-0.4, -0.2) is 56.9 Å². The van der Waals surface area contributed by atoms with E-state index in [9.17, 15) is 0 Å². The molecular formula is C16H22N6. The van der Waals surface area contributed by atoms with Crippen LogP contribution in [0.2, 0.25) is 0 Å². The number of hydrogen-bond donors (Lipinski definition) is 0. The summed E-state index contributed by atoms with van der Waals surface area (Å²) in [5, 5.41) is 5.38. The second-order valence-corrected chi connectivity index (χ2v) is 7.17. The van der Waals surface area contributed by atoms with Crippen LogP contribution in [0.3, 0.4) is 0 Å². The zero-order valence-corrected chi connectivity index (χ0v) is 13.0. The molecule has 5 rings (SSSR count). The number of rotatable bonds is 2. The number of nitrogens with zero attached hydrogens (tertiary/aromatic N) is 6. The summed E-state index contributed by atoms with van der Waals surface area (Å²) in [6.07, 6.45) is 7.92. The van der Waals surface area contributed by atoms with Gasteiger partial charge in [0.25, 0.3) is 0 Å². The number of fused-ring (bicyclic) bond motifs is 2. The van der Waals surface area contributed by atoms with E-state index in [4.69, 9.17) is 0 Å². The topological polar surface area (TPSA) is 50.1 Å². The summed E-state index contributed by atoms with van der Waals surface area (Å²) in [6, 6.07) is 0.715. The summed E-state index contributed by atoms with van der Waals surface area (Å²) < 4.78 is 1.82. The van der Waals surface area contributed by atoms with Gasteiger partial charge in [0.15, 0.2) is 5.65 Å². The van der Waals surface area contributed by atoms with Crippen LogP contribution in [0.5, 0.6) is 0 Å². The Kier molecular flexibility index (Phi) is 2.71. The van der Waals surface area contributed by atoms with Gasteiger partial charge in [-0.1, -0.05) is 6.42 Å². The Balaban J connectivity index is 1.31. The van der Waals surface area contributed by atoms with Gasteiger partial charge in [-0.05, 0) is 24.7 Å². The molecule has 6 heteroatoms. The minimum atomic E-state index is 0.715. The SMILES string of the molecule is Cn1ncc2c(N3CC(N4CC5CCCC5C4)C3)ncnc21. The van der Waals surface area contributed by atoms with Crippen LogP contribution in [0, 0.1) is 11.8 Å². The molecule has 22 heavy (non-hydrogen) atoms. The smallest absolute Gasteiger partial charge is 0.163 e. The van der Waals surface area contributed by atoms with E-state index in [2.05, 4.69) is 24.9 Å². The lowest BCUT2D eigenvalue weighted by Gasteiger charge is -2.45. The van der Waals surface area contributed by atoms with E-state index in [1.165, 1.54) is 32.4 Å². The molecule has 1 aliphatic carbocycles. The lowest BCUT2D eigenvalue weighted by atomic mass is 10.0. The monoisotopic (exact) mass is 298 g/mol. The van der Waals surface area contributed by atoms with Crippen LogP contribution < -0.4 is 4.90 Å². The van der Waals surface area contributed by atoms with Crippen LogP contribution in [0.4, 0.5) is 5.82 Å². The normalized spacial score (nSPS) is 29.2. The molecule has 4 heterocycles. The Morgan fingerprint density at radius 2 is 1.82 bits per heavy atom. The average molecular weight is 298 g/mol. The molecule has 3 aliphatic rings. The highest BCUT2D eigenvalue weighted by molar-refractivity contribution is 5.87. The number of likely N-dealkylation sites (tertiary alicyclic amines) is 1. The van der Waals surface area contributed by atoms with Crippen LogP contribution in [0.25, 0.3) is 11.0 Å². The Hall–Kier alpha value is -1.69.